The molecule has 0 aliphatic heterocycles. The zero-order valence-corrected chi connectivity index (χ0v) is 14.4. The fraction of sp³-hybridized carbons (Fsp3) is 0.733. The smallest absolute Gasteiger partial charge is 0.331 e. The molecule has 0 atom stereocenters. The summed E-state index contributed by atoms with van der Waals surface area (Å²) < 4.78 is 5.15. The lowest BCUT2D eigenvalue weighted by molar-refractivity contribution is -0.139. The first-order valence-corrected chi connectivity index (χ1v) is 7.47. The molecule has 0 saturated heterocycles. The van der Waals surface area contributed by atoms with E-state index in [-0.39, 0.29) is 18.8 Å². The van der Waals surface area contributed by atoms with Gasteiger partial charge in [0.05, 0.1) is 70.1 Å². The van der Waals surface area contributed by atoms with E-state index < -0.39 is 68.8 Å². The molecule has 154 valence electrons. The summed E-state index contributed by atoms with van der Waals surface area (Å²) in [6.07, 6.45) is -0.505. The number of aliphatic carboxylic acids is 2. The van der Waals surface area contributed by atoms with Crippen LogP contribution in [0.5, 0.6) is 0 Å². The van der Waals surface area contributed by atoms with Crippen LogP contribution in [-0.4, -0.2) is 106 Å². The summed E-state index contributed by atoms with van der Waals surface area (Å²) in [5.41, 5.74) is -2.62. The van der Waals surface area contributed by atoms with Crippen LogP contribution in [0, 0.1) is 10.8 Å². The number of carboxylic acid groups (broad SMARTS) is 2. The van der Waals surface area contributed by atoms with Crippen molar-refractivity contribution < 1.29 is 55.2 Å². The molecule has 0 heterocycles. The first-order valence-electron chi connectivity index (χ1n) is 7.47. The Balaban J connectivity index is 0. The van der Waals surface area contributed by atoms with E-state index in [1.165, 1.54) is 0 Å². The quantitative estimate of drug-likeness (QED) is 0.150. The summed E-state index contributed by atoms with van der Waals surface area (Å²) in [7, 11) is 0. The average Bonchev–Trinajstić information content (AvgIpc) is 2.63. The highest BCUT2D eigenvalue weighted by Gasteiger charge is 2.32. The predicted octanol–water partition coefficient (Wildman–Crippen LogP) is -2.97. The van der Waals surface area contributed by atoms with Crippen LogP contribution in [0.25, 0.3) is 0 Å². The second kappa shape index (κ2) is 13.6. The molecule has 8 N–H and O–H groups in total. The predicted molar refractivity (Wildman–Crippen MR) is 87.2 cm³/mol. The standard InChI is InChI=1S/C10H22O7.C5H6O4/c11-1-9(2-12,3-13)7-17-8-10(4-14,5-15)6-16;1-3(5(8)9)2-4(6)7/h11-16H,1-8H2;1-2H2,(H,6,7)(H,8,9). The van der Waals surface area contributed by atoms with Gasteiger partial charge in [0.15, 0.2) is 0 Å². The van der Waals surface area contributed by atoms with Crippen LogP contribution in [0.3, 0.4) is 0 Å². The van der Waals surface area contributed by atoms with E-state index in [1.807, 2.05) is 0 Å². The summed E-state index contributed by atoms with van der Waals surface area (Å²) in [5, 5.41) is 70.3. The lowest BCUT2D eigenvalue weighted by Crippen LogP contribution is -2.43. The summed E-state index contributed by atoms with van der Waals surface area (Å²) >= 11 is 0. The summed E-state index contributed by atoms with van der Waals surface area (Å²) in [5.74, 6) is -2.44. The third kappa shape index (κ3) is 9.77. The number of aliphatic hydroxyl groups excluding tert-OH is 6. The van der Waals surface area contributed by atoms with Crippen molar-refractivity contribution in [2.45, 2.75) is 6.42 Å². The Morgan fingerprint density at radius 3 is 1.19 bits per heavy atom. The number of rotatable bonds is 13. The van der Waals surface area contributed by atoms with Gasteiger partial charge in [-0.3, -0.25) is 4.79 Å². The molecule has 11 heteroatoms. The Bertz CT molecular complexity index is 391. The summed E-state index contributed by atoms with van der Waals surface area (Å²) in [6.45, 7) is 0.00877. The van der Waals surface area contributed by atoms with Gasteiger partial charge in [-0.1, -0.05) is 6.58 Å². The zero-order valence-electron chi connectivity index (χ0n) is 14.4. The topological polar surface area (TPSA) is 205 Å². The minimum Gasteiger partial charge on any atom is -0.481 e. The van der Waals surface area contributed by atoms with Gasteiger partial charge >= 0.3 is 11.9 Å². The molecule has 11 nitrogen and oxygen atoms in total. The van der Waals surface area contributed by atoms with Gasteiger partial charge in [-0.25, -0.2) is 4.79 Å². The molecule has 0 aliphatic carbocycles. The molecule has 0 unspecified atom stereocenters. The number of hydrogen-bond acceptors (Lipinski definition) is 9. The van der Waals surface area contributed by atoms with Gasteiger partial charge in [0.25, 0.3) is 0 Å². The van der Waals surface area contributed by atoms with E-state index in [4.69, 9.17) is 45.6 Å². The second-order valence-corrected chi connectivity index (χ2v) is 5.92. The average molecular weight is 384 g/mol. The van der Waals surface area contributed by atoms with Gasteiger partial charge in [0.1, 0.15) is 0 Å². The fourth-order valence-corrected chi connectivity index (χ4v) is 1.32. The third-order valence-corrected chi connectivity index (χ3v) is 3.50. The molecule has 0 aromatic carbocycles. The highest BCUT2D eigenvalue weighted by atomic mass is 16.5. The number of carboxylic acids is 2. The molecule has 0 radical (unpaired) electrons. The maximum Gasteiger partial charge on any atom is 0.331 e. The van der Waals surface area contributed by atoms with E-state index in [1.54, 1.807) is 0 Å². The SMILES string of the molecule is C=C(CC(=O)O)C(=O)O.OCC(CO)(CO)COCC(CO)(CO)CO. The van der Waals surface area contributed by atoms with Crippen molar-refractivity contribution in [3.63, 3.8) is 0 Å². The molecular formula is C15H28O11. The van der Waals surface area contributed by atoms with Gasteiger partial charge in [-0.05, 0) is 0 Å². The maximum absolute atomic E-state index is 9.87. The third-order valence-electron chi connectivity index (χ3n) is 3.50. The van der Waals surface area contributed by atoms with Crippen molar-refractivity contribution in [2.75, 3.05) is 52.9 Å². The molecule has 0 aliphatic rings. The number of hydrogen-bond donors (Lipinski definition) is 8. The number of aliphatic hydroxyl groups is 6. The largest absolute Gasteiger partial charge is 0.481 e. The van der Waals surface area contributed by atoms with Crippen molar-refractivity contribution >= 4 is 11.9 Å². The number of carbonyl (C=O) groups is 2. The normalized spacial score (nSPS) is 11.5. The highest BCUT2D eigenvalue weighted by molar-refractivity contribution is 5.91. The van der Waals surface area contributed by atoms with Crippen LogP contribution in [0.2, 0.25) is 0 Å². The van der Waals surface area contributed by atoms with Gasteiger partial charge in [0, 0.05) is 5.57 Å². The second-order valence-electron chi connectivity index (χ2n) is 5.92. The molecule has 0 spiro atoms. The van der Waals surface area contributed by atoms with E-state index in [9.17, 15) is 9.59 Å². The molecule has 0 amide bonds. The molecule has 0 aromatic rings. The Morgan fingerprint density at radius 1 is 0.731 bits per heavy atom. The van der Waals surface area contributed by atoms with Crippen LogP contribution in [0.1, 0.15) is 6.42 Å². The van der Waals surface area contributed by atoms with Crippen molar-refractivity contribution in [1.82, 2.24) is 0 Å². The van der Waals surface area contributed by atoms with E-state index in [2.05, 4.69) is 6.58 Å². The first-order chi connectivity index (χ1) is 12.1. The van der Waals surface area contributed by atoms with Crippen LogP contribution >= 0.6 is 0 Å². The Morgan fingerprint density at radius 2 is 1.04 bits per heavy atom. The Hall–Kier alpha value is -1.60. The zero-order chi connectivity index (χ0) is 20.8. The van der Waals surface area contributed by atoms with Crippen molar-refractivity contribution in [3.05, 3.63) is 12.2 Å². The first kappa shape index (κ1) is 26.6. The maximum atomic E-state index is 9.87. The monoisotopic (exact) mass is 384 g/mol. The highest BCUT2D eigenvalue weighted by Crippen LogP contribution is 2.19. The van der Waals surface area contributed by atoms with Crippen molar-refractivity contribution in [2.24, 2.45) is 10.8 Å². The summed E-state index contributed by atoms with van der Waals surface area (Å²) in [4.78, 5) is 19.7. The van der Waals surface area contributed by atoms with Gasteiger partial charge in [-0.2, -0.15) is 0 Å². The minimum absolute atomic E-state index is 0.141. The Kier molecular flexibility index (Phi) is 13.9. The van der Waals surface area contributed by atoms with Gasteiger partial charge in [-0.15, -0.1) is 0 Å². The lowest BCUT2D eigenvalue weighted by Gasteiger charge is -2.31. The molecule has 0 bridgehead atoms. The Labute approximate surface area is 150 Å². The molecule has 26 heavy (non-hydrogen) atoms. The van der Waals surface area contributed by atoms with E-state index in [0.717, 1.165) is 0 Å². The van der Waals surface area contributed by atoms with Crippen molar-refractivity contribution in [3.8, 4) is 0 Å². The molecule has 0 fully saturated rings. The fourth-order valence-electron chi connectivity index (χ4n) is 1.32. The van der Waals surface area contributed by atoms with Gasteiger partial charge in [0.2, 0.25) is 0 Å². The van der Waals surface area contributed by atoms with E-state index in [0.29, 0.717) is 0 Å². The number of ether oxygens (including phenoxy) is 1. The van der Waals surface area contributed by atoms with E-state index >= 15 is 0 Å². The minimum atomic E-state index is -1.27. The molecule has 0 aromatic heterocycles. The molecule has 0 rings (SSSR count). The summed E-state index contributed by atoms with van der Waals surface area (Å²) in [6, 6.07) is 0. The van der Waals surface area contributed by atoms with Crippen LogP contribution in [0.15, 0.2) is 12.2 Å². The van der Waals surface area contributed by atoms with Gasteiger partial charge < -0.3 is 45.6 Å². The van der Waals surface area contributed by atoms with Crippen molar-refractivity contribution in [1.29, 1.82) is 0 Å². The van der Waals surface area contributed by atoms with Crippen LogP contribution < -0.4 is 0 Å². The van der Waals surface area contributed by atoms with Crippen LogP contribution in [0.4, 0.5) is 0 Å². The van der Waals surface area contributed by atoms with Crippen LogP contribution in [-0.2, 0) is 14.3 Å². The lowest BCUT2D eigenvalue weighted by atomic mass is 9.91. The molecular weight excluding hydrogens is 356 g/mol. The molecule has 0 saturated carbocycles.